The van der Waals surface area contributed by atoms with Crippen LogP contribution in [-0.2, 0) is 20.9 Å². The van der Waals surface area contributed by atoms with Crippen LogP contribution in [0.4, 0.5) is 13.2 Å². The second-order valence-electron chi connectivity index (χ2n) is 8.57. The lowest BCUT2D eigenvalue weighted by Crippen LogP contribution is -2.49. The van der Waals surface area contributed by atoms with Crippen LogP contribution in [0.5, 0.6) is 0 Å². The number of carboxylic acids is 1. The Bertz CT molecular complexity index is 707. The highest BCUT2D eigenvalue weighted by molar-refractivity contribution is 5.81. The summed E-state index contributed by atoms with van der Waals surface area (Å²) in [5.41, 5.74) is 1.68. The predicted octanol–water partition coefficient (Wildman–Crippen LogP) is 3.61. The topological polar surface area (TPSA) is 78.9 Å². The fourth-order valence-electron chi connectivity index (χ4n) is 3.88. The zero-order valence-electron chi connectivity index (χ0n) is 18.0. The van der Waals surface area contributed by atoms with E-state index in [1.165, 1.54) is 18.4 Å². The molecule has 0 aromatic heterocycles. The molecule has 0 aliphatic carbocycles. The van der Waals surface area contributed by atoms with Crippen molar-refractivity contribution in [1.29, 1.82) is 0 Å². The third kappa shape index (κ3) is 8.14. The van der Waals surface area contributed by atoms with E-state index >= 15 is 0 Å². The lowest BCUT2D eigenvalue weighted by molar-refractivity contribution is -0.192. The smallest absolute Gasteiger partial charge is 0.475 e. The Kier molecular flexibility index (Phi) is 8.88. The van der Waals surface area contributed by atoms with Gasteiger partial charge in [0.25, 0.3) is 0 Å². The van der Waals surface area contributed by atoms with Crippen LogP contribution in [0.3, 0.4) is 0 Å². The second kappa shape index (κ2) is 10.9. The summed E-state index contributed by atoms with van der Waals surface area (Å²) in [5, 5.41) is 10.1. The zero-order chi connectivity index (χ0) is 23.1. The molecule has 31 heavy (non-hydrogen) atoms. The van der Waals surface area contributed by atoms with Gasteiger partial charge in [0, 0.05) is 12.6 Å². The molecule has 3 rings (SSSR count). The first-order valence-corrected chi connectivity index (χ1v) is 10.5. The minimum atomic E-state index is -5.08. The Morgan fingerprint density at radius 3 is 2.23 bits per heavy atom. The number of piperidine rings is 1. The van der Waals surface area contributed by atoms with Crippen molar-refractivity contribution in [3.05, 3.63) is 35.9 Å². The third-order valence-corrected chi connectivity index (χ3v) is 5.66. The molecule has 2 aliphatic heterocycles. The molecule has 2 fully saturated rings. The van der Waals surface area contributed by atoms with Gasteiger partial charge in [-0.05, 0) is 63.6 Å². The molecule has 1 unspecified atom stereocenters. The normalized spacial score (nSPS) is 21.3. The summed E-state index contributed by atoms with van der Waals surface area (Å²) >= 11 is 0. The maximum Gasteiger partial charge on any atom is 0.490 e. The molecule has 2 N–H and O–H groups in total. The van der Waals surface area contributed by atoms with Crippen molar-refractivity contribution in [1.82, 2.24) is 10.2 Å². The molecule has 0 saturated carbocycles. The Hall–Kier alpha value is -2.13. The highest BCUT2D eigenvalue weighted by Gasteiger charge is 2.40. The molecule has 2 aliphatic rings. The van der Waals surface area contributed by atoms with Crippen LogP contribution < -0.4 is 5.32 Å². The molecule has 1 aromatic carbocycles. The van der Waals surface area contributed by atoms with E-state index in [1.54, 1.807) is 0 Å². The van der Waals surface area contributed by atoms with E-state index in [0.29, 0.717) is 5.41 Å². The van der Waals surface area contributed by atoms with Crippen molar-refractivity contribution < 1.29 is 32.6 Å². The SMILES string of the molecule is CC(C)NC(=O)C1CCC2(CCN(Cc3ccccc3)CC2)CO1.O=C(O)C(F)(F)F. The van der Waals surface area contributed by atoms with Crippen LogP contribution >= 0.6 is 0 Å². The second-order valence-corrected chi connectivity index (χ2v) is 8.57. The molecular formula is C22H31F3N2O4. The number of likely N-dealkylation sites (tertiary alicyclic amines) is 1. The van der Waals surface area contributed by atoms with Gasteiger partial charge >= 0.3 is 12.1 Å². The van der Waals surface area contributed by atoms with E-state index in [2.05, 4.69) is 40.5 Å². The fraction of sp³-hybridized carbons (Fsp3) is 0.636. The number of alkyl halides is 3. The standard InChI is InChI=1S/C20H30N2O2.C2HF3O2/c1-16(2)21-19(23)18-8-9-20(15-24-18)10-12-22(13-11-20)14-17-6-4-3-5-7-17;3-2(4,5)1(6)7/h3-7,16,18H,8-15H2,1-2H3,(H,21,23);(H,6,7). The molecule has 1 atom stereocenters. The number of amides is 1. The van der Waals surface area contributed by atoms with Crippen molar-refractivity contribution in [2.24, 2.45) is 5.41 Å². The number of hydrogen-bond acceptors (Lipinski definition) is 4. The number of nitrogens with one attached hydrogen (secondary N) is 1. The van der Waals surface area contributed by atoms with E-state index in [-0.39, 0.29) is 18.1 Å². The van der Waals surface area contributed by atoms with Gasteiger partial charge in [-0.25, -0.2) is 4.79 Å². The quantitative estimate of drug-likeness (QED) is 0.742. The molecule has 0 radical (unpaired) electrons. The van der Waals surface area contributed by atoms with E-state index < -0.39 is 12.1 Å². The predicted molar refractivity (Wildman–Crippen MR) is 109 cm³/mol. The van der Waals surface area contributed by atoms with Crippen LogP contribution in [0, 0.1) is 5.41 Å². The van der Waals surface area contributed by atoms with Gasteiger partial charge in [-0.1, -0.05) is 30.3 Å². The average Bonchev–Trinajstić information content (AvgIpc) is 2.70. The largest absolute Gasteiger partial charge is 0.490 e. The Morgan fingerprint density at radius 1 is 1.19 bits per heavy atom. The summed E-state index contributed by atoms with van der Waals surface area (Å²) in [6.07, 6.45) is -1.00. The maximum atomic E-state index is 12.1. The lowest BCUT2D eigenvalue weighted by atomic mass is 9.73. The number of rotatable bonds is 4. The van der Waals surface area contributed by atoms with Gasteiger partial charge in [-0.2, -0.15) is 13.2 Å². The maximum absolute atomic E-state index is 12.1. The van der Waals surface area contributed by atoms with Crippen LogP contribution in [0.15, 0.2) is 30.3 Å². The van der Waals surface area contributed by atoms with Crippen LogP contribution in [0.25, 0.3) is 0 Å². The lowest BCUT2D eigenvalue weighted by Gasteiger charge is -2.45. The molecule has 174 valence electrons. The monoisotopic (exact) mass is 444 g/mol. The number of aliphatic carboxylic acids is 1. The van der Waals surface area contributed by atoms with Crippen molar-refractivity contribution >= 4 is 11.9 Å². The number of carbonyl (C=O) groups is 2. The molecule has 9 heteroatoms. The number of halogens is 3. The zero-order valence-corrected chi connectivity index (χ0v) is 18.0. The average molecular weight is 444 g/mol. The summed E-state index contributed by atoms with van der Waals surface area (Å²) in [7, 11) is 0. The van der Waals surface area contributed by atoms with Gasteiger partial charge in [0.15, 0.2) is 0 Å². The van der Waals surface area contributed by atoms with Gasteiger partial charge in [-0.15, -0.1) is 0 Å². The molecule has 1 amide bonds. The molecule has 6 nitrogen and oxygen atoms in total. The van der Waals surface area contributed by atoms with Crippen molar-refractivity contribution in [3.8, 4) is 0 Å². The van der Waals surface area contributed by atoms with Crippen LogP contribution in [0.1, 0.15) is 45.1 Å². The van der Waals surface area contributed by atoms with Gasteiger partial charge in [0.2, 0.25) is 5.91 Å². The number of carboxylic acid groups (broad SMARTS) is 1. The van der Waals surface area contributed by atoms with E-state index in [0.717, 1.165) is 39.1 Å². The molecule has 2 heterocycles. The van der Waals surface area contributed by atoms with Gasteiger partial charge < -0.3 is 15.2 Å². The van der Waals surface area contributed by atoms with Gasteiger partial charge in [0.1, 0.15) is 6.10 Å². The Morgan fingerprint density at radius 2 is 1.77 bits per heavy atom. The summed E-state index contributed by atoms with van der Waals surface area (Å²) in [6, 6.07) is 10.9. The fourth-order valence-corrected chi connectivity index (χ4v) is 3.88. The van der Waals surface area contributed by atoms with Gasteiger partial charge in [0.05, 0.1) is 6.61 Å². The van der Waals surface area contributed by atoms with Crippen LogP contribution in [-0.4, -0.2) is 59.9 Å². The highest BCUT2D eigenvalue weighted by Crippen LogP contribution is 2.40. The minimum absolute atomic E-state index is 0.0568. The number of hydrogen-bond donors (Lipinski definition) is 2. The van der Waals surface area contributed by atoms with Crippen LogP contribution in [0.2, 0.25) is 0 Å². The number of ether oxygens (including phenoxy) is 1. The minimum Gasteiger partial charge on any atom is -0.475 e. The summed E-state index contributed by atoms with van der Waals surface area (Å²) in [6.45, 7) is 8.01. The Balaban J connectivity index is 0.000000423. The molecule has 1 spiro atoms. The third-order valence-electron chi connectivity index (χ3n) is 5.66. The molecular weight excluding hydrogens is 413 g/mol. The van der Waals surface area contributed by atoms with Gasteiger partial charge in [-0.3, -0.25) is 9.69 Å². The first-order chi connectivity index (χ1) is 14.5. The molecule has 1 aromatic rings. The molecule has 2 saturated heterocycles. The van der Waals surface area contributed by atoms with E-state index in [4.69, 9.17) is 14.6 Å². The van der Waals surface area contributed by atoms with E-state index in [9.17, 15) is 18.0 Å². The van der Waals surface area contributed by atoms with Crippen molar-refractivity contribution in [2.75, 3.05) is 19.7 Å². The number of nitrogens with zero attached hydrogens (tertiary/aromatic N) is 1. The van der Waals surface area contributed by atoms with E-state index in [1.807, 2.05) is 13.8 Å². The summed E-state index contributed by atoms with van der Waals surface area (Å²) in [4.78, 5) is 23.5. The highest BCUT2D eigenvalue weighted by atomic mass is 19.4. The molecule has 0 bridgehead atoms. The summed E-state index contributed by atoms with van der Waals surface area (Å²) in [5.74, 6) is -2.70. The number of carbonyl (C=O) groups excluding carboxylic acids is 1. The number of benzene rings is 1. The Labute approximate surface area is 180 Å². The van der Waals surface area contributed by atoms with Crippen molar-refractivity contribution in [2.45, 2.75) is 64.4 Å². The first-order valence-electron chi connectivity index (χ1n) is 10.5. The summed E-state index contributed by atoms with van der Waals surface area (Å²) < 4.78 is 37.7. The van der Waals surface area contributed by atoms with Crippen molar-refractivity contribution in [3.63, 3.8) is 0 Å². The first kappa shape index (κ1) is 25.1.